The van der Waals surface area contributed by atoms with Crippen LogP contribution in [0.4, 0.5) is 0 Å². The average Bonchev–Trinajstić information content (AvgIpc) is 2.55. The van der Waals surface area contributed by atoms with Gasteiger partial charge < -0.3 is 10.2 Å². The lowest BCUT2D eigenvalue weighted by Gasteiger charge is -2.37. The predicted molar refractivity (Wildman–Crippen MR) is 69.8 cm³/mol. The number of rotatable bonds is 1. The van der Waals surface area contributed by atoms with E-state index in [1.807, 2.05) is 0 Å². The van der Waals surface area contributed by atoms with Crippen LogP contribution in [0.25, 0.3) is 0 Å². The van der Waals surface area contributed by atoms with Gasteiger partial charge >= 0.3 is 0 Å². The average molecular weight is 238 g/mol. The molecule has 0 bridgehead atoms. The summed E-state index contributed by atoms with van der Waals surface area (Å²) in [7, 11) is 0. The molecular formula is C14H26N2O. The van der Waals surface area contributed by atoms with E-state index in [1.54, 1.807) is 0 Å². The summed E-state index contributed by atoms with van der Waals surface area (Å²) in [5.41, 5.74) is 0. The van der Waals surface area contributed by atoms with Crippen LogP contribution in [-0.2, 0) is 4.79 Å². The predicted octanol–water partition coefficient (Wildman–Crippen LogP) is 2.17. The fraction of sp³-hybridized carbons (Fsp3) is 0.929. The van der Waals surface area contributed by atoms with Crippen LogP contribution in [0.2, 0.25) is 0 Å². The minimum absolute atomic E-state index is 0.315. The molecule has 2 unspecified atom stereocenters. The Kier molecular flexibility index (Phi) is 4.43. The quantitative estimate of drug-likeness (QED) is 0.710. The van der Waals surface area contributed by atoms with Crippen molar-refractivity contribution in [2.45, 2.75) is 64.5 Å². The van der Waals surface area contributed by atoms with Gasteiger partial charge in [-0.2, -0.15) is 0 Å². The van der Waals surface area contributed by atoms with Gasteiger partial charge in [0.05, 0.1) is 0 Å². The summed E-state index contributed by atoms with van der Waals surface area (Å²) in [5, 5.41) is 3.49. The Bertz CT molecular complexity index is 249. The van der Waals surface area contributed by atoms with Gasteiger partial charge in [0, 0.05) is 31.1 Å². The Labute approximate surface area is 105 Å². The van der Waals surface area contributed by atoms with E-state index in [9.17, 15) is 4.79 Å². The van der Waals surface area contributed by atoms with Crippen LogP contribution in [0.5, 0.6) is 0 Å². The van der Waals surface area contributed by atoms with Crippen LogP contribution in [0.1, 0.15) is 52.4 Å². The summed E-state index contributed by atoms with van der Waals surface area (Å²) >= 11 is 0. The molecule has 3 nitrogen and oxygen atoms in total. The van der Waals surface area contributed by atoms with E-state index in [1.165, 1.54) is 25.7 Å². The van der Waals surface area contributed by atoms with E-state index in [4.69, 9.17) is 0 Å². The maximum atomic E-state index is 12.5. The van der Waals surface area contributed by atoms with Crippen molar-refractivity contribution < 1.29 is 4.79 Å². The van der Waals surface area contributed by atoms with Crippen LogP contribution >= 0.6 is 0 Å². The van der Waals surface area contributed by atoms with Crippen molar-refractivity contribution in [1.82, 2.24) is 10.2 Å². The molecule has 0 aromatic carbocycles. The Morgan fingerprint density at radius 2 is 1.53 bits per heavy atom. The Morgan fingerprint density at radius 3 is 2.06 bits per heavy atom. The summed E-state index contributed by atoms with van der Waals surface area (Å²) in [6, 6.07) is 0.877. The fourth-order valence-corrected chi connectivity index (χ4v) is 3.29. The molecule has 1 saturated heterocycles. The molecule has 1 N–H and O–H groups in total. The number of hydrogen-bond donors (Lipinski definition) is 1. The molecule has 2 fully saturated rings. The second kappa shape index (κ2) is 5.85. The molecule has 1 amide bonds. The summed E-state index contributed by atoms with van der Waals surface area (Å²) in [4.78, 5) is 14.6. The van der Waals surface area contributed by atoms with Gasteiger partial charge in [-0.05, 0) is 26.7 Å². The number of hydrogen-bond acceptors (Lipinski definition) is 2. The first-order valence-corrected chi connectivity index (χ1v) is 7.21. The number of piperazine rings is 1. The number of carbonyl (C=O) groups excluding carboxylic acids is 1. The van der Waals surface area contributed by atoms with E-state index in [0.29, 0.717) is 23.9 Å². The third-order valence-corrected chi connectivity index (χ3v) is 4.07. The minimum Gasteiger partial charge on any atom is -0.339 e. The summed E-state index contributed by atoms with van der Waals surface area (Å²) in [5.74, 6) is 0.738. The van der Waals surface area contributed by atoms with Crippen LogP contribution in [0, 0.1) is 5.92 Å². The number of amides is 1. The molecule has 1 aliphatic heterocycles. The molecule has 0 aromatic heterocycles. The second-order valence-electron chi connectivity index (χ2n) is 5.90. The fourth-order valence-electron chi connectivity index (χ4n) is 3.29. The Morgan fingerprint density at radius 1 is 1.00 bits per heavy atom. The van der Waals surface area contributed by atoms with Crippen LogP contribution in [0.3, 0.4) is 0 Å². The topological polar surface area (TPSA) is 32.3 Å². The van der Waals surface area contributed by atoms with E-state index in [-0.39, 0.29) is 0 Å². The van der Waals surface area contributed by atoms with Crippen LogP contribution in [0.15, 0.2) is 0 Å². The molecule has 2 aliphatic rings. The molecule has 98 valence electrons. The lowest BCUT2D eigenvalue weighted by molar-refractivity contribution is -0.137. The first-order chi connectivity index (χ1) is 8.16. The summed E-state index contributed by atoms with van der Waals surface area (Å²) in [6.45, 7) is 6.12. The lowest BCUT2D eigenvalue weighted by atomic mass is 9.97. The summed E-state index contributed by atoms with van der Waals surface area (Å²) in [6.07, 6.45) is 7.36. The normalized spacial score (nSPS) is 32.2. The highest BCUT2D eigenvalue weighted by Gasteiger charge is 2.29. The van der Waals surface area contributed by atoms with Crippen LogP contribution < -0.4 is 5.32 Å². The van der Waals surface area contributed by atoms with Gasteiger partial charge in [0.1, 0.15) is 0 Å². The largest absolute Gasteiger partial charge is 0.339 e. The van der Waals surface area contributed by atoms with Crippen molar-refractivity contribution in [3.8, 4) is 0 Å². The maximum absolute atomic E-state index is 12.5. The SMILES string of the molecule is CC1CN(C(=O)C2CCCCCC2)CC(C)N1. The molecule has 1 saturated carbocycles. The zero-order chi connectivity index (χ0) is 12.3. The van der Waals surface area contributed by atoms with Gasteiger partial charge in [0.2, 0.25) is 5.91 Å². The molecule has 1 heterocycles. The Hall–Kier alpha value is -0.570. The molecule has 2 atom stereocenters. The van der Waals surface area contributed by atoms with Crippen molar-refractivity contribution in [3.05, 3.63) is 0 Å². The van der Waals surface area contributed by atoms with Gasteiger partial charge in [0.15, 0.2) is 0 Å². The third kappa shape index (κ3) is 3.44. The zero-order valence-electron chi connectivity index (χ0n) is 11.2. The highest BCUT2D eigenvalue weighted by atomic mass is 16.2. The lowest BCUT2D eigenvalue weighted by Crippen LogP contribution is -2.56. The molecule has 2 rings (SSSR count). The van der Waals surface area contributed by atoms with Gasteiger partial charge in [-0.15, -0.1) is 0 Å². The number of nitrogens with one attached hydrogen (secondary N) is 1. The van der Waals surface area contributed by atoms with Gasteiger partial charge in [0.25, 0.3) is 0 Å². The monoisotopic (exact) mass is 238 g/mol. The molecular weight excluding hydrogens is 212 g/mol. The van der Waals surface area contributed by atoms with E-state index >= 15 is 0 Å². The van der Waals surface area contributed by atoms with Crippen molar-refractivity contribution in [3.63, 3.8) is 0 Å². The third-order valence-electron chi connectivity index (χ3n) is 4.07. The van der Waals surface area contributed by atoms with Crippen LogP contribution in [-0.4, -0.2) is 36.0 Å². The highest BCUT2D eigenvalue weighted by Crippen LogP contribution is 2.25. The zero-order valence-corrected chi connectivity index (χ0v) is 11.2. The summed E-state index contributed by atoms with van der Waals surface area (Å²) < 4.78 is 0. The molecule has 3 heteroatoms. The van der Waals surface area contributed by atoms with E-state index in [0.717, 1.165) is 25.9 Å². The van der Waals surface area contributed by atoms with Gasteiger partial charge in [-0.25, -0.2) is 0 Å². The molecule has 0 spiro atoms. The minimum atomic E-state index is 0.315. The second-order valence-corrected chi connectivity index (χ2v) is 5.90. The molecule has 0 radical (unpaired) electrons. The standard InChI is InChI=1S/C14H26N2O/c1-11-9-16(10-12(2)15-11)14(17)13-7-5-3-4-6-8-13/h11-13,15H,3-10H2,1-2H3. The van der Waals surface area contributed by atoms with Crippen molar-refractivity contribution in [1.29, 1.82) is 0 Å². The maximum Gasteiger partial charge on any atom is 0.225 e. The number of carbonyl (C=O) groups is 1. The van der Waals surface area contributed by atoms with Gasteiger partial charge in [-0.1, -0.05) is 25.7 Å². The molecule has 0 aromatic rings. The number of nitrogens with zero attached hydrogens (tertiary/aromatic N) is 1. The van der Waals surface area contributed by atoms with E-state index < -0.39 is 0 Å². The van der Waals surface area contributed by atoms with Crippen molar-refractivity contribution in [2.24, 2.45) is 5.92 Å². The first-order valence-electron chi connectivity index (χ1n) is 7.21. The molecule has 1 aliphatic carbocycles. The van der Waals surface area contributed by atoms with Crippen molar-refractivity contribution >= 4 is 5.91 Å². The van der Waals surface area contributed by atoms with Crippen molar-refractivity contribution in [2.75, 3.05) is 13.1 Å². The smallest absolute Gasteiger partial charge is 0.225 e. The first kappa shape index (κ1) is 12.9. The Balaban J connectivity index is 1.93. The highest BCUT2D eigenvalue weighted by molar-refractivity contribution is 5.79. The van der Waals surface area contributed by atoms with E-state index in [2.05, 4.69) is 24.1 Å². The molecule has 17 heavy (non-hydrogen) atoms. The van der Waals surface area contributed by atoms with Gasteiger partial charge in [-0.3, -0.25) is 4.79 Å².